The van der Waals surface area contributed by atoms with Crippen molar-refractivity contribution in [2.45, 2.75) is 20.1 Å². The first-order valence-corrected chi connectivity index (χ1v) is 7.24. The fourth-order valence-corrected chi connectivity index (χ4v) is 2.17. The Balaban J connectivity index is 2.22. The highest BCUT2D eigenvalue weighted by Gasteiger charge is 2.11. The lowest BCUT2D eigenvalue weighted by Crippen LogP contribution is -2.09. The predicted octanol–water partition coefficient (Wildman–Crippen LogP) is 3.43. The molecule has 21 heavy (non-hydrogen) atoms. The molecular formula is C16H19ClN2O2. The van der Waals surface area contributed by atoms with E-state index in [-0.39, 0.29) is 0 Å². The molecule has 1 aromatic carbocycles. The predicted molar refractivity (Wildman–Crippen MR) is 84.0 cm³/mol. The number of pyridine rings is 1. The van der Waals surface area contributed by atoms with Crippen LogP contribution in [0, 0.1) is 0 Å². The first-order chi connectivity index (χ1) is 10.3. The zero-order valence-corrected chi connectivity index (χ0v) is 13.0. The van der Waals surface area contributed by atoms with E-state index in [1.807, 2.05) is 38.2 Å². The number of nitrogens with zero attached hydrogens (tertiary/aromatic N) is 1. The van der Waals surface area contributed by atoms with Crippen molar-refractivity contribution in [3.05, 3.63) is 52.8 Å². The number of halogens is 1. The number of rotatable bonds is 7. The first-order valence-electron chi connectivity index (χ1n) is 6.86. The molecule has 0 saturated carbocycles. The van der Waals surface area contributed by atoms with Gasteiger partial charge in [0.15, 0.2) is 11.5 Å². The van der Waals surface area contributed by atoms with Gasteiger partial charge in [0.1, 0.15) is 6.61 Å². The lowest BCUT2D eigenvalue weighted by molar-refractivity contribution is 0.266. The molecule has 0 aliphatic carbocycles. The Labute approximate surface area is 130 Å². The molecule has 0 radical (unpaired) electrons. The maximum Gasteiger partial charge on any atom is 0.166 e. The van der Waals surface area contributed by atoms with E-state index in [4.69, 9.17) is 21.1 Å². The number of hydrogen-bond acceptors (Lipinski definition) is 4. The quantitative estimate of drug-likeness (QED) is 0.851. The van der Waals surface area contributed by atoms with E-state index >= 15 is 0 Å². The first kappa shape index (κ1) is 15.6. The highest BCUT2D eigenvalue weighted by atomic mass is 35.5. The number of hydrogen-bond donors (Lipinski definition) is 1. The van der Waals surface area contributed by atoms with Crippen LogP contribution in [-0.4, -0.2) is 18.6 Å². The van der Waals surface area contributed by atoms with Gasteiger partial charge < -0.3 is 14.8 Å². The van der Waals surface area contributed by atoms with Gasteiger partial charge in [0.2, 0.25) is 0 Å². The van der Waals surface area contributed by atoms with Gasteiger partial charge in [-0.3, -0.25) is 4.98 Å². The minimum Gasteiger partial charge on any atom is -0.490 e. The van der Waals surface area contributed by atoms with Crippen molar-refractivity contribution in [1.29, 1.82) is 0 Å². The maximum atomic E-state index is 6.11. The summed E-state index contributed by atoms with van der Waals surface area (Å²) < 4.78 is 11.6. The summed E-state index contributed by atoms with van der Waals surface area (Å²) in [4.78, 5) is 3.97. The summed E-state index contributed by atoms with van der Waals surface area (Å²) in [5.74, 6) is 1.50. The molecule has 1 N–H and O–H groups in total. The van der Waals surface area contributed by atoms with Crippen molar-refractivity contribution >= 4 is 11.6 Å². The molecule has 2 aromatic rings. The highest BCUT2D eigenvalue weighted by Crippen LogP contribution is 2.32. The third-order valence-electron chi connectivity index (χ3n) is 2.96. The molecule has 0 unspecified atom stereocenters. The van der Waals surface area contributed by atoms with Gasteiger partial charge in [0.25, 0.3) is 0 Å². The second kappa shape index (κ2) is 7.86. The fraction of sp³-hybridized carbons (Fsp3) is 0.312. The van der Waals surface area contributed by atoms with E-state index in [0.717, 1.165) is 22.6 Å². The number of aromatic nitrogens is 1. The third-order valence-corrected chi connectivity index (χ3v) is 3.30. The summed E-state index contributed by atoms with van der Waals surface area (Å²) in [5.41, 5.74) is 1.95. The summed E-state index contributed by atoms with van der Waals surface area (Å²) in [7, 11) is 1.90. The van der Waals surface area contributed by atoms with Gasteiger partial charge in [0, 0.05) is 30.1 Å². The van der Waals surface area contributed by atoms with Crippen molar-refractivity contribution in [3.63, 3.8) is 0 Å². The van der Waals surface area contributed by atoms with Crippen molar-refractivity contribution < 1.29 is 9.47 Å². The van der Waals surface area contributed by atoms with Gasteiger partial charge in [-0.2, -0.15) is 0 Å². The molecule has 4 nitrogen and oxygen atoms in total. The summed E-state index contributed by atoms with van der Waals surface area (Å²) in [6.45, 7) is 3.63. The van der Waals surface area contributed by atoms with Gasteiger partial charge in [-0.25, -0.2) is 0 Å². The number of benzene rings is 1. The Bertz CT molecular complexity index is 566. The number of nitrogens with one attached hydrogen (secondary N) is 1. The van der Waals surface area contributed by atoms with Crippen LogP contribution in [0.3, 0.4) is 0 Å². The summed E-state index contributed by atoms with van der Waals surface area (Å²) in [5, 5.41) is 3.73. The minimum absolute atomic E-state index is 0.377. The normalized spacial score (nSPS) is 10.4. The van der Waals surface area contributed by atoms with E-state index in [1.54, 1.807) is 12.4 Å². The van der Waals surface area contributed by atoms with Crippen LogP contribution < -0.4 is 14.8 Å². The van der Waals surface area contributed by atoms with Crippen LogP contribution in [0.4, 0.5) is 0 Å². The zero-order chi connectivity index (χ0) is 15.1. The summed E-state index contributed by atoms with van der Waals surface area (Å²) in [6.07, 6.45) is 3.32. The molecule has 112 valence electrons. The van der Waals surface area contributed by atoms with E-state index < -0.39 is 0 Å². The van der Waals surface area contributed by atoms with Gasteiger partial charge in [-0.05, 0) is 26.1 Å². The fourth-order valence-electron chi connectivity index (χ4n) is 1.99. The molecule has 1 aromatic heterocycles. The van der Waals surface area contributed by atoms with E-state index in [2.05, 4.69) is 10.3 Å². The second-order valence-electron chi connectivity index (χ2n) is 4.46. The van der Waals surface area contributed by atoms with E-state index in [0.29, 0.717) is 24.8 Å². The molecule has 0 spiro atoms. The molecule has 5 heteroatoms. The molecule has 0 saturated heterocycles. The zero-order valence-electron chi connectivity index (χ0n) is 12.2. The third kappa shape index (κ3) is 4.09. The lowest BCUT2D eigenvalue weighted by Gasteiger charge is -2.16. The molecule has 0 aliphatic rings. The molecule has 2 rings (SSSR count). The van der Waals surface area contributed by atoms with Crippen molar-refractivity contribution in [3.8, 4) is 11.5 Å². The maximum absolute atomic E-state index is 6.11. The smallest absolute Gasteiger partial charge is 0.166 e. The van der Waals surface area contributed by atoms with Gasteiger partial charge in [-0.1, -0.05) is 23.7 Å². The van der Waals surface area contributed by atoms with Gasteiger partial charge in [-0.15, -0.1) is 0 Å². The molecule has 0 amide bonds. The van der Waals surface area contributed by atoms with Crippen LogP contribution in [0.25, 0.3) is 0 Å². The van der Waals surface area contributed by atoms with Crippen LogP contribution in [-0.2, 0) is 13.2 Å². The summed E-state index contributed by atoms with van der Waals surface area (Å²) >= 11 is 6.11. The van der Waals surface area contributed by atoms with Crippen molar-refractivity contribution in [2.24, 2.45) is 0 Å². The number of para-hydroxylation sites is 1. The van der Waals surface area contributed by atoms with E-state index in [9.17, 15) is 0 Å². The van der Waals surface area contributed by atoms with Crippen LogP contribution >= 0.6 is 11.6 Å². The minimum atomic E-state index is 0.377. The van der Waals surface area contributed by atoms with Gasteiger partial charge >= 0.3 is 0 Å². The molecule has 0 fully saturated rings. The Morgan fingerprint density at radius 2 is 2.05 bits per heavy atom. The Kier molecular flexibility index (Phi) is 5.84. The standard InChI is InChI=1S/C16H19ClN2O2/c1-3-20-15-6-4-5-12(9-18-2)16(15)21-11-13-7-8-19-10-14(13)17/h4-8,10,18H,3,9,11H2,1-2H3. The topological polar surface area (TPSA) is 43.4 Å². The Morgan fingerprint density at radius 1 is 1.19 bits per heavy atom. The molecule has 0 atom stereocenters. The lowest BCUT2D eigenvalue weighted by atomic mass is 10.2. The van der Waals surface area contributed by atoms with Crippen LogP contribution in [0.15, 0.2) is 36.7 Å². The average molecular weight is 307 g/mol. The monoisotopic (exact) mass is 306 g/mol. The molecular weight excluding hydrogens is 288 g/mol. The largest absolute Gasteiger partial charge is 0.490 e. The molecule has 1 heterocycles. The van der Waals surface area contributed by atoms with Crippen molar-refractivity contribution in [2.75, 3.05) is 13.7 Å². The van der Waals surface area contributed by atoms with Crippen molar-refractivity contribution in [1.82, 2.24) is 10.3 Å². The SMILES string of the molecule is CCOc1cccc(CNC)c1OCc1ccncc1Cl. The van der Waals surface area contributed by atoms with E-state index in [1.165, 1.54) is 0 Å². The van der Waals surface area contributed by atoms with Crippen LogP contribution in [0.5, 0.6) is 11.5 Å². The molecule has 0 bridgehead atoms. The highest BCUT2D eigenvalue weighted by molar-refractivity contribution is 6.31. The summed E-state index contributed by atoms with van der Waals surface area (Å²) in [6, 6.07) is 7.74. The number of ether oxygens (including phenoxy) is 2. The average Bonchev–Trinajstić information content (AvgIpc) is 2.49. The van der Waals surface area contributed by atoms with Crippen LogP contribution in [0.1, 0.15) is 18.1 Å². The van der Waals surface area contributed by atoms with Crippen LogP contribution in [0.2, 0.25) is 5.02 Å². The Morgan fingerprint density at radius 3 is 2.76 bits per heavy atom. The molecule has 0 aliphatic heterocycles. The Hall–Kier alpha value is -1.78. The van der Waals surface area contributed by atoms with Gasteiger partial charge in [0.05, 0.1) is 11.6 Å². The second-order valence-corrected chi connectivity index (χ2v) is 4.87.